The van der Waals surface area contributed by atoms with E-state index in [0.29, 0.717) is 0 Å². The number of rotatable bonds is 3. The predicted octanol–water partition coefficient (Wildman–Crippen LogP) is 5.14. The van der Waals surface area contributed by atoms with Gasteiger partial charge in [0.25, 0.3) is 0 Å². The van der Waals surface area contributed by atoms with Crippen molar-refractivity contribution >= 4 is 33.8 Å². The Balaban J connectivity index is 1.54. The zero-order chi connectivity index (χ0) is 22.9. The van der Waals surface area contributed by atoms with Crippen molar-refractivity contribution in [3.8, 4) is 11.3 Å². The fourth-order valence-electron chi connectivity index (χ4n) is 4.46. The molecule has 3 aromatic heterocycles. The first kappa shape index (κ1) is 20.1. The van der Waals surface area contributed by atoms with Crippen LogP contribution in [-0.2, 0) is 0 Å². The van der Waals surface area contributed by atoms with Crippen LogP contribution in [0.3, 0.4) is 0 Å². The van der Waals surface area contributed by atoms with Gasteiger partial charge in [-0.3, -0.25) is 4.98 Å². The van der Waals surface area contributed by atoms with Gasteiger partial charge in [0.1, 0.15) is 6.33 Å². The van der Waals surface area contributed by atoms with E-state index in [0.717, 1.165) is 55.1 Å². The number of H-pyrrole nitrogens is 1. The minimum atomic E-state index is 0.907. The maximum atomic E-state index is 4.58. The highest BCUT2D eigenvalue weighted by Crippen LogP contribution is 2.20. The lowest BCUT2D eigenvalue weighted by molar-refractivity contribution is 1.19. The van der Waals surface area contributed by atoms with E-state index in [1.807, 2.05) is 24.4 Å². The lowest BCUT2D eigenvalue weighted by atomic mass is 10.1. The number of aromatic nitrogens is 4. The van der Waals surface area contributed by atoms with Gasteiger partial charge in [0.2, 0.25) is 0 Å². The van der Waals surface area contributed by atoms with Gasteiger partial charge in [-0.15, -0.1) is 0 Å². The summed E-state index contributed by atoms with van der Waals surface area (Å²) < 4.78 is 0. The molecule has 0 aliphatic heterocycles. The number of nitrogens with one attached hydrogen (secondary N) is 1. The summed E-state index contributed by atoms with van der Waals surface area (Å²) in [5.41, 5.74) is 6.22. The van der Waals surface area contributed by atoms with Gasteiger partial charge in [0, 0.05) is 38.6 Å². The second-order valence-corrected chi connectivity index (χ2v) is 8.36. The molecule has 0 saturated carbocycles. The normalized spacial score (nSPS) is 12.6. The highest BCUT2D eigenvalue weighted by molar-refractivity contribution is 5.90. The first-order chi connectivity index (χ1) is 16.8. The smallest absolute Gasteiger partial charge is 0.116 e. The van der Waals surface area contributed by atoms with Crippen molar-refractivity contribution in [2.45, 2.75) is 6.92 Å². The van der Waals surface area contributed by atoms with Crippen LogP contribution in [0.1, 0.15) is 16.8 Å². The van der Waals surface area contributed by atoms with Crippen LogP contribution in [0.5, 0.6) is 0 Å². The van der Waals surface area contributed by atoms with E-state index < -0.39 is 0 Å². The number of para-hydroxylation sites is 1. The average Bonchev–Trinajstić information content (AvgIpc) is 3.22. The van der Waals surface area contributed by atoms with Crippen LogP contribution in [0.4, 0.5) is 0 Å². The van der Waals surface area contributed by atoms with Crippen molar-refractivity contribution in [1.29, 1.82) is 0 Å². The summed E-state index contributed by atoms with van der Waals surface area (Å²) in [4.78, 5) is 17.2. The Labute approximate surface area is 197 Å². The lowest BCUT2D eigenvalue weighted by Gasteiger charge is -2.02. The molecule has 3 aromatic carbocycles. The molecular formula is C30H22N4. The maximum Gasteiger partial charge on any atom is 0.116 e. The van der Waals surface area contributed by atoms with E-state index in [9.17, 15) is 0 Å². The fraction of sp³-hybridized carbons (Fsp3) is 0.0333. The number of pyridine rings is 1. The molecule has 0 fully saturated rings. The van der Waals surface area contributed by atoms with E-state index in [1.54, 1.807) is 6.33 Å². The Hall–Kier alpha value is -4.57. The highest BCUT2D eigenvalue weighted by atomic mass is 14.8. The molecule has 34 heavy (non-hydrogen) atoms. The monoisotopic (exact) mass is 438 g/mol. The summed E-state index contributed by atoms with van der Waals surface area (Å²) in [7, 11) is 0. The first-order valence-corrected chi connectivity index (χ1v) is 11.3. The minimum Gasteiger partial charge on any atom is -0.354 e. The number of aromatic amines is 1. The number of aryl methyl sites for hydroxylation is 1. The molecule has 0 aliphatic rings. The molecule has 4 nitrogen and oxygen atoms in total. The molecule has 0 bridgehead atoms. The van der Waals surface area contributed by atoms with Gasteiger partial charge >= 0.3 is 0 Å². The van der Waals surface area contributed by atoms with Crippen LogP contribution in [0, 0.1) is 6.92 Å². The van der Waals surface area contributed by atoms with Gasteiger partial charge < -0.3 is 4.98 Å². The zero-order valence-electron chi connectivity index (χ0n) is 18.7. The lowest BCUT2D eigenvalue weighted by Crippen LogP contribution is -2.10. The third kappa shape index (κ3) is 3.65. The quantitative estimate of drug-likeness (QED) is 0.416. The molecule has 6 aromatic rings. The van der Waals surface area contributed by atoms with Crippen molar-refractivity contribution in [1.82, 2.24) is 19.9 Å². The second-order valence-electron chi connectivity index (χ2n) is 8.36. The number of fused-ring (bicyclic) bond motifs is 2. The van der Waals surface area contributed by atoms with Crippen LogP contribution < -0.4 is 10.7 Å². The Bertz CT molecular complexity index is 1770. The zero-order valence-corrected chi connectivity index (χ0v) is 18.7. The number of hydrogen-bond donors (Lipinski definition) is 1. The van der Waals surface area contributed by atoms with Crippen LogP contribution >= 0.6 is 0 Å². The summed E-state index contributed by atoms with van der Waals surface area (Å²) in [6.07, 6.45) is 7.77. The SMILES string of the molecule is Cc1cccc2c(/C=c3\[nH]/c(=C\c4cccc(-c5ccccn5)c4)c4ccccc34)ncnc12. The molecule has 4 heteroatoms. The second kappa shape index (κ2) is 8.41. The van der Waals surface area contributed by atoms with Crippen LogP contribution in [-0.4, -0.2) is 19.9 Å². The van der Waals surface area contributed by atoms with Crippen molar-refractivity contribution < 1.29 is 0 Å². The molecule has 0 unspecified atom stereocenters. The summed E-state index contributed by atoms with van der Waals surface area (Å²) in [5, 5.41) is 5.48. The molecule has 0 spiro atoms. The first-order valence-electron chi connectivity index (χ1n) is 11.3. The van der Waals surface area contributed by atoms with Crippen molar-refractivity contribution in [2.75, 3.05) is 0 Å². The van der Waals surface area contributed by atoms with Gasteiger partial charge in [-0.1, -0.05) is 66.7 Å². The molecule has 0 saturated heterocycles. The van der Waals surface area contributed by atoms with Crippen molar-refractivity contribution in [3.63, 3.8) is 0 Å². The maximum absolute atomic E-state index is 4.58. The third-order valence-corrected chi connectivity index (χ3v) is 6.11. The topological polar surface area (TPSA) is 54.5 Å². The van der Waals surface area contributed by atoms with Crippen LogP contribution in [0.2, 0.25) is 0 Å². The van der Waals surface area contributed by atoms with Gasteiger partial charge in [-0.25, -0.2) is 9.97 Å². The number of benzene rings is 3. The van der Waals surface area contributed by atoms with E-state index in [4.69, 9.17) is 0 Å². The molecule has 0 aliphatic carbocycles. The van der Waals surface area contributed by atoms with E-state index in [2.05, 4.69) is 106 Å². The Morgan fingerprint density at radius 3 is 2.26 bits per heavy atom. The average molecular weight is 439 g/mol. The minimum absolute atomic E-state index is 0.907. The van der Waals surface area contributed by atoms with E-state index in [1.165, 1.54) is 5.39 Å². The van der Waals surface area contributed by atoms with Gasteiger partial charge in [-0.05, 0) is 48.4 Å². The fourth-order valence-corrected chi connectivity index (χ4v) is 4.46. The Kier molecular flexibility index (Phi) is 4.96. The number of nitrogens with zero attached hydrogens (tertiary/aromatic N) is 3. The molecule has 3 heterocycles. The largest absolute Gasteiger partial charge is 0.354 e. The van der Waals surface area contributed by atoms with Gasteiger partial charge in [0.15, 0.2) is 0 Å². The molecule has 0 radical (unpaired) electrons. The summed E-state index contributed by atoms with van der Waals surface area (Å²) in [5.74, 6) is 0. The Morgan fingerprint density at radius 2 is 1.44 bits per heavy atom. The van der Waals surface area contributed by atoms with E-state index >= 15 is 0 Å². The van der Waals surface area contributed by atoms with Crippen LogP contribution in [0.25, 0.3) is 45.1 Å². The highest BCUT2D eigenvalue weighted by Gasteiger charge is 2.06. The van der Waals surface area contributed by atoms with Gasteiger partial charge in [0.05, 0.1) is 16.9 Å². The molecule has 1 N–H and O–H groups in total. The summed E-state index contributed by atoms with van der Waals surface area (Å²) in [6, 6.07) is 29.1. The molecular weight excluding hydrogens is 416 g/mol. The summed E-state index contributed by atoms with van der Waals surface area (Å²) in [6.45, 7) is 2.08. The molecule has 6 rings (SSSR count). The van der Waals surface area contributed by atoms with E-state index in [-0.39, 0.29) is 0 Å². The molecule has 162 valence electrons. The standard InChI is InChI=1S/C30H22N4/c1-20-8-6-13-25-27(32-19-33-30(20)25)18-29-24-12-3-2-11-23(24)28(34-29)17-21-9-7-10-22(16-21)26-14-4-5-15-31-26/h2-19,34H,1H3/b28-17-,29-18-. The number of hydrogen-bond acceptors (Lipinski definition) is 3. The molecule has 0 amide bonds. The Morgan fingerprint density at radius 1 is 0.676 bits per heavy atom. The summed E-state index contributed by atoms with van der Waals surface area (Å²) >= 11 is 0. The third-order valence-electron chi connectivity index (χ3n) is 6.11. The van der Waals surface area contributed by atoms with Gasteiger partial charge in [-0.2, -0.15) is 0 Å². The molecule has 0 atom stereocenters. The van der Waals surface area contributed by atoms with Crippen molar-refractivity contribution in [2.24, 2.45) is 0 Å². The predicted molar refractivity (Wildman–Crippen MR) is 139 cm³/mol. The van der Waals surface area contributed by atoms with Crippen LogP contribution in [0.15, 0.2) is 97.5 Å². The van der Waals surface area contributed by atoms with Crippen molar-refractivity contribution in [3.05, 3.63) is 125 Å².